The first-order valence-corrected chi connectivity index (χ1v) is 43.9. The summed E-state index contributed by atoms with van der Waals surface area (Å²) in [4.78, 5) is 25.2. The summed E-state index contributed by atoms with van der Waals surface area (Å²) in [5.41, 5.74) is 8.24. The summed E-state index contributed by atoms with van der Waals surface area (Å²) >= 11 is 95.6. The van der Waals surface area contributed by atoms with Gasteiger partial charge in [-0.25, -0.2) is 0 Å². The van der Waals surface area contributed by atoms with Crippen LogP contribution in [-0.4, -0.2) is 135 Å². The average Bonchev–Trinajstić information content (AvgIpc) is 0.795. The minimum absolute atomic E-state index is 0.0141. The number of benzene rings is 9. The van der Waals surface area contributed by atoms with E-state index in [1.807, 2.05) is 97.1 Å². The van der Waals surface area contributed by atoms with Crippen molar-refractivity contribution in [2.24, 2.45) is 23.7 Å². The molecule has 6 unspecified atom stereocenters. The van der Waals surface area contributed by atoms with E-state index in [-0.39, 0.29) is 42.6 Å². The Morgan fingerprint density at radius 1 is 0.415 bits per heavy atom. The molecular weight excluding hydrogens is 1840 g/mol. The van der Waals surface area contributed by atoms with Crippen LogP contribution in [0.5, 0.6) is 0 Å². The first kappa shape index (κ1) is 105. The molecule has 9 aromatic carbocycles. The minimum atomic E-state index is -0.652. The molecule has 2 aliphatic rings. The van der Waals surface area contributed by atoms with Gasteiger partial charge in [-0.05, 0) is 230 Å². The number of nitrogens with zero attached hydrogens (tertiary/aromatic N) is 2. The van der Waals surface area contributed by atoms with E-state index >= 15 is 0 Å². The lowest BCUT2D eigenvalue weighted by Gasteiger charge is -2.42. The first-order chi connectivity index (χ1) is 56.7. The molecule has 118 heavy (non-hydrogen) atoms. The molecule has 0 spiro atoms. The van der Waals surface area contributed by atoms with Crippen molar-refractivity contribution in [3.63, 3.8) is 0 Å². The van der Waals surface area contributed by atoms with Crippen LogP contribution >= 0.6 is 186 Å². The van der Waals surface area contributed by atoms with Crippen LogP contribution in [0.15, 0.2) is 188 Å². The van der Waals surface area contributed by atoms with Crippen LogP contribution in [0.2, 0.25) is 70.3 Å². The molecule has 0 amide bonds. The molecular formula is C89H99Cl16N3O10. The van der Waals surface area contributed by atoms with Gasteiger partial charge in [0.05, 0.1) is 79.3 Å². The number of nitrogens with one attached hydrogen (secondary N) is 1. The number of ether oxygens (including phenoxy) is 5. The molecule has 4 N–H and O–H groups in total. The summed E-state index contributed by atoms with van der Waals surface area (Å²) in [5, 5.41) is 39.6. The van der Waals surface area contributed by atoms with E-state index in [1.165, 1.54) is 17.7 Å². The number of halogens is 16. The van der Waals surface area contributed by atoms with Crippen molar-refractivity contribution in [1.29, 1.82) is 0 Å². The maximum absolute atomic E-state index is 10.2. The maximum Gasteiger partial charge on any atom is 0.151 e. The fourth-order valence-corrected chi connectivity index (χ4v) is 16.7. The zero-order chi connectivity index (χ0) is 86.6. The smallest absolute Gasteiger partial charge is 0.151 e. The Labute approximate surface area is 775 Å². The predicted octanol–water partition coefficient (Wildman–Crippen LogP) is 27.5. The van der Waals surface area contributed by atoms with Gasteiger partial charge in [0.25, 0.3) is 0 Å². The molecule has 9 aromatic rings. The molecule has 0 radical (unpaired) electrons. The zero-order valence-corrected chi connectivity index (χ0v) is 77.9. The Balaban J connectivity index is 0.000000251. The molecule has 0 aromatic heterocycles. The summed E-state index contributed by atoms with van der Waals surface area (Å²) in [5.74, 6) is 1.95. The number of rotatable bonds is 30. The molecule has 2 fully saturated rings. The molecule has 29 heteroatoms. The van der Waals surface area contributed by atoms with Crippen LogP contribution in [0, 0.1) is 23.7 Å². The van der Waals surface area contributed by atoms with Gasteiger partial charge in [0, 0.05) is 156 Å². The van der Waals surface area contributed by atoms with Crippen LogP contribution in [0.4, 0.5) is 11.4 Å². The van der Waals surface area contributed by atoms with Gasteiger partial charge in [-0.2, -0.15) is 0 Å². The third-order valence-electron chi connectivity index (χ3n) is 18.9. The standard InChI is InChI=1S/2C19H20Cl3NO.C13H16Cl4O.C13H18Cl2O3.C11H17NO2.2C7H4Cl2O/c2*1-24-12-13-2-9-19(17-8-5-15(21)10-18(17)22)23(11-13)16-6-3-14(20)4-7-16;1-18-8-9(7-14)2-5-12(16)11-4-3-10(15)6-13(11)17;1-18-8-9(7-16)2-5-13(17)11-4-3-10(14)6-12(11)15;1-14-9-11(8-13)12-7-10-5-3-2-4-6-10;2*8-6-2-1-5(4-10)7(9)3-6/h2*3-8,10,13,19H,2,9,11-12H2,1H3;3-4,6,9,12H,2,5,7-8H2,1H3;3-4,6,9,13,16-17H,2,5,7-8H2,1H3;2-6,11-13H,7-9H2,1H3;2*1-4H/t13-,19?;13-,19+;;;;;/m11...../s1. The normalized spacial score (nSPS) is 16.1. The van der Waals surface area contributed by atoms with Gasteiger partial charge in [-0.3, -0.25) is 9.59 Å². The number of hydrogen-bond acceptors (Lipinski definition) is 13. The molecule has 0 bridgehead atoms. The number of carbonyl (C=O) groups excluding carboxylic acids is 2. The molecule has 0 aliphatic carbocycles. The van der Waals surface area contributed by atoms with Crippen molar-refractivity contribution in [1.82, 2.24) is 5.32 Å². The third kappa shape index (κ3) is 37.6. The lowest BCUT2D eigenvalue weighted by molar-refractivity contribution is 0.0878. The summed E-state index contributed by atoms with van der Waals surface area (Å²) < 4.78 is 25.8. The highest BCUT2D eigenvalue weighted by atomic mass is 35.5. The molecule has 642 valence electrons. The van der Waals surface area contributed by atoms with E-state index in [0.29, 0.717) is 136 Å². The Morgan fingerprint density at radius 3 is 1.17 bits per heavy atom. The molecule has 2 heterocycles. The fraction of sp³-hybridized carbons (Fsp3) is 0.371. The highest BCUT2D eigenvalue weighted by Gasteiger charge is 2.33. The molecule has 13 nitrogen and oxygen atoms in total. The third-order valence-corrected chi connectivity index (χ3v) is 23.7. The van der Waals surface area contributed by atoms with Gasteiger partial charge >= 0.3 is 0 Å². The van der Waals surface area contributed by atoms with E-state index < -0.39 is 6.10 Å². The fourth-order valence-electron chi connectivity index (χ4n) is 12.8. The SMILES string of the molecule is COCC(CCl)CCC(Cl)c1ccc(Cl)cc1Cl.COCC(CO)CCC(O)c1ccc(Cl)cc1Cl.COCC(CO)NCc1ccccc1.COC[C@@H]1CCC(c2ccc(Cl)cc2Cl)N(c2ccc(Cl)cc2)C1.COC[C@@H]1CC[C@@H](c2ccc(Cl)cc2Cl)N(c2ccc(Cl)cc2)C1.O=Cc1ccc(Cl)cc1Cl.O=Cc1ccc(Cl)cc1Cl. The quantitative estimate of drug-likeness (QED) is 0.0249. The Morgan fingerprint density at radius 2 is 0.797 bits per heavy atom. The lowest BCUT2D eigenvalue weighted by atomic mass is 9.88. The van der Waals surface area contributed by atoms with E-state index in [4.69, 9.17) is 220 Å². The second-order valence-corrected chi connectivity index (χ2v) is 34.4. The summed E-state index contributed by atoms with van der Waals surface area (Å²) in [6.45, 7) is 5.97. The summed E-state index contributed by atoms with van der Waals surface area (Å²) in [6.07, 6.45) is 7.92. The van der Waals surface area contributed by atoms with Crippen molar-refractivity contribution in [3.8, 4) is 0 Å². The molecule has 9 atom stereocenters. The number of hydrogen-bond donors (Lipinski definition) is 4. The van der Waals surface area contributed by atoms with Crippen LogP contribution in [-0.2, 0) is 30.2 Å². The van der Waals surface area contributed by atoms with Crippen molar-refractivity contribution in [2.45, 2.75) is 87.5 Å². The average molecular weight is 1940 g/mol. The van der Waals surface area contributed by atoms with Crippen LogP contribution < -0.4 is 15.1 Å². The number of aldehydes is 2. The van der Waals surface area contributed by atoms with E-state index in [1.54, 1.807) is 90.1 Å². The van der Waals surface area contributed by atoms with Gasteiger partial charge in [-0.15, -0.1) is 23.2 Å². The Hall–Kier alpha value is -3.80. The summed E-state index contributed by atoms with van der Waals surface area (Å²) in [7, 11) is 8.42. The number of aliphatic hydroxyl groups is 3. The minimum Gasteiger partial charge on any atom is -0.396 e. The number of aliphatic hydroxyl groups excluding tert-OH is 3. The van der Waals surface area contributed by atoms with Gasteiger partial charge in [0.1, 0.15) is 0 Å². The van der Waals surface area contributed by atoms with Crippen LogP contribution in [0.3, 0.4) is 0 Å². The summed E-state index contributed by atoms with van der Waals surface area (Å²) in [6, 6.07) is 57.9. The van der Waals surface area contributed by atoms with Crippen molar-refractivity contribution < 1.29 is 48.6 Å². The second kappa shape index (κ2) is 58.4. The molecule has 0 saturated carbocycles. The molecule has 2 aliphatic heterocycles. The largest absolute Gasteiger partial charge is 0.396 e. The predicted molar refractivity (Wildman–Crippen MR) is 498 cm³/mol. The van der Waals surface area contributed by atoms with Gasteiger partial charge in [0.2, 0.25) is 0 Å². The van der Waals surface area contributed by atoms with E-state index in [0.717, 1.165) is 120 Å². The van der Waals surface area contributed by atoms with E-state index in [2.05, 4.69) is 39.4 Å². The molecule has 2 saturated heterocycles. The highest BCUT2D eigenvalue weighted by molar-refractivity contribution is 6.39. The molecule has 11 rings (SSSR count). The monoisotopic (exact) mass is 1930 g/mol. The van der Waals surface area contributed by atoms with Crippen LogP contribution in [0.1, 0.15) is 123 Å². The second-order valence-electron chi connectivity index (χ2n) is 27.6. The zero-order valence-electron chi connectivity index (χ0n) is 65.8. The van der Waals surface area contributed by atoms with Crippen molar-refractivity contribution in [3.05, 3.63) is 297 Å². The van der Waals surface area contributed by atoms with E-state index in [9.17, 15) is 14.7 Å². The Kier molecular flexibility index (Phi) is 51.8. The van der Waals surface area contributed by atoms with Gasteiger partial charge < -0.3 is 54.1 Å². The van der Waals surface area contributed by atoms with Crippen molar-refractivity contribution in [2.75, 3.05) is 111 Å². The van der Waals surface area contributed by atoms with Crippen LogP contribution in [0.25, 0.3) is 0 Å². The highest BCUT2D eigenvalue weighted by Crippen LogP contribution is 2.43. The number of anilines is 2. The lowest BCUT2D eigenvalue weighted by Crippen LogP contribution is -2.39. The van der Waals surface area contributed by atoms with Crippen molar-refractivity contribution >= 4 is 210 Å². The maximum atomic E-state index is 10.2. The van der Waals surface area contributed by atoms with Gasteiger partial charge in [0.15, 0.2) is 12.6 Å². The number of carbonyl (C=O) groups is 2. The number of methoxy groups -OCH3 is 5. The Bertz CT molecular complexity index is 4130. The number of piperidine rings is 2. The van der Waals surface area contributed by atoms with Gasteiger partial charge in [-0.1, -0.05) is 217 Å². The number of alkyl halides is 2. The first-order valence-electron chi connectivity index (χ1n) is 37.6. The topological polar surface area (TPSA) is 159 Å².